The van der Waals surface area contributed by atoms with E-state index in [-0.39, 0.29) is 24.0 Å². The number of anilines is 3. The number of hydrogen-bond donors (Lipinski definition) is 2. The van der Waals surface area contributed by atoms with Gasteiger partial charge in [-0.2, -0.15) is 0 Å². The highest BCUT2D eigenvalue weighted by atomic mass is 19.1. The molecule has 27 heavy (non-hydrogen) atoms. The van der Waals surface area contributed by atoms with Gasteiger partial charge in [0.2, 0.25) is 11.8 Å². The fourth-order valence-electron chi connectivity index (χ4n) is 2.76. The Balaban J connectivity index is 1.78. The third-order valence-electron chi connectivity index (χ3n) is 3.94. The van der Waals surface area contributed by atoms with E-state index >= 15 is 0 Å². The number of rotatable bonds is 4. The van der Waals surface area contributed by atoms with Crippen molar-refractivity contribution in [1.29, 1.82) is 0 Å². The molecule has 2 N–H and O–H groups in total. The van der Waals surface area contributed by atoms with Crippen LogP contribution in [0.25, 0.3) is 0 Å². The van der Waals surface area contributed by atoms with Gasteiger partial charge in [-0.3, -0.25) is 19.3 Å². The second-order valence-electron chi connectivity index (χ2n) is 6.08. The van der Waals surface area contributed by atoms with Gasteiger partial charge in [0.25, 0.3) is 5.91 Å². The van der Waals surface area contributed by atoms with Gasteiger partial charge in [0, 0.05) is 12.6 Å². The Kier molecular flexibility index (Phi) is 5.07. The number of carbonyl (C=O) groups excluding carboxylic acids is 3. The number of carbonyl (C=O) groups is 3. The summed E-state index contributed by atoms with van der Waals surface area (Å²) in [6.07, 6.45) is -0.729. The molecule has 3 amide bonds. The maximum Gasteiger partial charge on any atom is 0.268 e. The highest BCUT2D eigenvalue weighted by Gasteiger charge is 2.32. The van der Waals surface area contributed by atoms with E-state index in [1.165, 1.54) is 24.0 Å². The molecule has 1 aliphatic heterocycles. The van der Waals surface area contributed by atoms with Crippen LogP contribution in [0.4, 0.5) is 21.5 Å². The SMILES string of the molecule is CC(=O)Nc1ccc(F)c(NC(=O)CN2C(=O)C(C)Oc3ccccc32)c1. The van der Waals surface area contributed by atoms with Crippen molar-refractivity contribution >= 4 is 34.8 Å². The first-order valence-corrected chi connectivity index (χ1v) is 8.29. The van der Waals surface area contributed by atoms with Crippen LogP contribution < -0.4 is 20.3 Å². The summed E-state index contributed by atoms with van der Waals surface area (Å²) in [5.41, 5.74) is 0.733. The minimum Gasteiger partial charge on any atom is -0.479 e. The van der Waals surface area contributed by atoms with Gasteiger partial charge >= 0.3 is 0 Å². The molecule has 0 spiro atoms. The summed E-state index contributed by atoms with van der Waals surface area (Å²) in [5.74, 6) is -1.42. The normalized spacial score (nSPS) is 15.6. The molecule has 0 saturated heterocycles. The molecule has 1 aliphatic rings. The molecule has 2 aromatic rings. The van der Waals surface area contributed by atoms with Gasteiger partial charge in [0.15, 0.2) is 6.10 Å². The molecule has 0 aromatic heterocycles. The lowest BCUT2D eigenvalue weighted by Gasteiger charge is -2.32. The molecule has 1 unspecified atom stereocenters. The zero-order valence-electron chi connectivity index (χ0n) is 14.8. The summed E-state index contributed by atoms with van der Waals surface area (Å²) in [7, 11) is 0. The number of ether oxygens (including phenoxy) is 1. The predicted octanol–water partition coefficient (Wildman–Crippen LogP) is 2.54. The van der Waals surface area contributed by atoms with Crippen LogP contribution in [0.5, 0.6) is 5.75 Å². The zero-order chi connectivity index (χ0) is 19.6. The molecule has 140 valence electrons. The first-order valence-electron chi connectivity index (χ1n) is 8.29. The molecule has 0 bridgehead atoms. The fraction of sp³-hybridized carbons (Fsp3) is 0.211. The molecule has 2 aromatic carbocycles. The van der Waals surface area contributed by atoms with E-state index in [2.05, 4.69) is 10.6 Å². The monoisotopic (exact) mass is 371 g/mol. The van der Waals surface area contributed by atoms with E-state index in [0.29, 0.717) is 17.1 Å². The van der Waals surface area contributed by atoms with Crippen LogP contribution in [-0.2, 0) is 14.4 Å². The molecule has 3 rings (SSSR count). The number of nitrogens with zero attached hydrogens (tertiary/aromatic N) is 1. The first kappa shape index (κ1) is 18.4. The van der Waals surface area contributed by atoms with E-state index in [1.807, 2.05) is 0 Å². The second-order valence-corrected chi connectivity index (χ2v) is 6.08. The molecule has 1 atom stereocenters. The Hall–Kier alpha value is -3.42. The topological polar surface area (TPSA) is 87.7 Å². The number of nitrogens with one attached hydrogen (secondary N) is 2. The van der Waals surface area contributed by atoms with Crippen molar-refractivity contribution in [2.75, 3.05) is 22.1 Å². The third kappa shape index (κ3) is 4.05. The summed E-state index contributed by atoms with van der Waals surface area (Å²) < 4.78 is 19.5. The number of fused-ring (bicyclic) bond motifs is 1. The third-order valence-corrected chi connectivity index (χ3v) is 3.94. The van der Waals surface area contributed by atoms with Crippen molar-refractivity contribution in [3.63, 3.8) is 0 Å². The van der Waals surface area contributed by atoms with Crippen LogP contribution in [0.3, 0.4) is 0 Å². The summed E-state index contributed by atoms with van der Waals surface area (Å²) in [5, 5.41) is 4.95. The van der Waals surface area contributed by atoms with Crippen LogP contribution >= 0.6 is 0 Å². The van der Waals surface area contributed by atoms with Gasteiger partial charge in [-0.15, -0.1) is 0 Å². The lowest BCUT2D eigenvalue weighted by atomic mass is 10.2. The lowest BCUT2D eigenvalue weighted by Crippen LogP contribution is -2.47. The Bertz CT molecular complexity index is 916. The summed E-state index contributed by atoms with van der Waals surface area (Å²) in [6, 6.07) is 10.7. The van der Waals surface area contributed by atoms with E-state index < -0.39 is 17.8 Å². The van der Waals surface area contributed by atoms with Crippen LogP contribution in [0.15, 0.2) is 42.5 Å². The molecular weight excluding hydrogens is 353 g/mol. The van der Waals surface area contributed by atoms with Crippen LogP contribution in [0.1, 0.15) is 13.8 Å². The standard InChI is InChI=1S/C19H18FN3O4/c1-11-19(26)23(16-5-3-4-6-17(16)27-11)10-18(25)22-15-9-13(21-12(2)24)7-8-14(15)20/h3-9,11H,10H2,1-2H3,(H,21,24)(H,22,25). The molecule has 7 nitrogen and oxygen atoms in total. The average Bonchev–Trinajstić information content (AvgIpc) is 2.61. The van der Waals surface area contributed by atoms with E-state index in [0.717, 1.165) is 6.07 Å². The van der Waals surface area contributed by atoms with Crippen LogP contribution in [0.2, 0.25) is 0 Å². The molecule has 0 aliphatic carbocycles. The van der Waals surface area contributed by atoms with Crippen molar-refractivity contribution in [1.82, 2.24) is 0 Å². The largest absolute Gasteiger partial charge is 0.479 e. The quantitative estimate of drug-likeness (QED) is 0.865. The van der Waals surface area contributed by atoms with Gasteiger partial charge in [-0.05, 0) is 37.3 Å². The van der Waals surface area contributed by atoms with Crippen molar-refractivity contribution < 1.29 is 23.5 Å². The van der Waals surface area contributed by atoms with Gasteiger partial charge in [-0.1, -0.05) is 12.1 Å². The Morgan fingerprint density at radius 2 is 1.93 bits per heavy atom. The van der Waals surface area contributed by atoms with Crippen molar-refractivity contribution in [2.45, 2.75) is 20.0 Å². The van der Waals surface area contributed by atoms with Crippen molar-refractivity contribution in [2.24, 2.45) is 0 Å². The van der Waals surface area contributed by atoms with Crippen LogP contribution in [0, 0.1) is 5.82 Å². The molecule has 0 radical (unpaired) electrons. The Morgan fingerprint density at radius 1 is 1.19 bits per heavy atom. The number of hydrogen-bond acceptors (Lipinski definition) is 4. The fourth-order valence-corrected chi connectivity index (χ4v) is 2.76. The smallest absolute Gasteiger partial charge is 0.268 e. The summed E-state index contributed by atoms with van der Waals surface area (Å²) >= 11 is 0. The van der Waals surface area contributed by atoms with Crippen molar-refractivity contribution in [3.05, 3.63) is 48.3 Å². The predicted molar refractivity (Wildman–Crippen MR) is 98.2 cm³/mol. The van der Waals surface area contributed by atoms with Gasteiger partial charge < -0.3 is 15.4 Å². The number of para-hydroxylation sites is 2. The van der Waals surface area contributed by atoms with E-state index in [1.54, 1.807) is 31.2 Å². The first-order chi connectivity index (χ1) is 12.8. The lowest BCUT2D eigenvalue weighted by molar-refractivity contribution is -0.127. The Morgan fingerprint density at radius 3 is 2.67 bits per heavy atom. The van der Waals surface area contributed by atoms with Gasteiger partial charge in [0.05, 0.1) is 11.4 Å². The highest BCUT2D eigenvalue weighted by Crippen LogP contribution is 2.33. The molecule has 8 heteroatoms. The van der Waals surface area contributed by atoms with Crippen LogP contribution in [-0.4, -0.2) is 30.4 Å². The molecule has 1 heterocycles. The maximum absolute atomic E-state index is 14.0. The van der Waals surface area contributed by atoms with Crippen molar-refractivity contribution in [3.8, 4) is 5.75 Å². The minimum atomic E-state index is -0.729. The molecular formula is C19H18FN3O4. The Labute approximate surface area is 155 Å². The highest BCUT2D eigenvalue weighted by molar-refractivity contribution is 6.06. The summed E-state index contributed by atoms with van der Waals surface area (Å²) in [6.45, 7) is 2.62. The second kappa shape index (κ2) is 7.45. The van der Waals surface area contributed by atoms with E-state index in [9.17, 15) is 18.8 Å². The van der Waals surface area contributed by atoms with E-state index in [4.69, 9.17) is 4.74 Å². The summed E-state index contributed by atoms with van der Waals surface area (Å²) in [4.78, 5) is 37.3. The van der Waals surface area contributed by atoms with Gasteiger partial charge in [-0.25, -0.2) is 4.39 Å². The average molecular weight is 371 g/mol. The maximum atomic E-state index is 14.0. The molecule has 0 fully saturated rings. The zero-order valence-corrected chi connectivity index (χ0v) is 14.8. The number of amides is 3. The molecule has 0 saturated carbocycles. The van der Waals surface area contributed by atoms with Gasteiger partial charge in [0.1, 0.15) is 18.1 Å². The number of benzene rings is 2. The minimum absolute atomic E-state index is 0.0895. The number of halogens is 1.